The Morgan fingerprint density at radius 2 is 1.87 bits per heavy atom. The summed E-state index contributed by atoms with van der Waals surface area (Å²) in [5.41, 5.74) is 1.34. The summed E-state index contributed by atoms with van der Waals surface area (Å²) in [6, 6.07) is 13.2. The molecule has 0 fully saturated rings. The van der Waals surface area contributed by atoms with Crippen LogP contribution in [0.3, 0.4) is 0 Å². The number of aryl methyl sites for hydroxylation is 1. The predicted octanol–water partition coefficient (Wildman–Crippen LogP) is 3.04. The molecule has 0 atom stereocenters. The van der Waals surface area contributed by atoms with Gasteiger partial charge in [-0.05, 0) is 42.8 Å². The molecule has 30 heavy (non-hydrogen) atoms. The van der Waals surface area contributed by atoms with Crippen molar-refractivity contribution in [3.8, 4) is 11.4 Å². The minimum Gasteiger partial charge on any atom is -0.465 e. The molecule has 1 N–H and O–H groups in total. The van der Waals surface area contributed by atoms with Crippen LogP contribution in [0.1, 0.15) is 23.0 Å². The number of methoxy groups -OCH3 is 1. The monoisotopic (exact) mass is 409 g/mol. The number of carbonyl (C=O) groups is 2. The standard InChI is InChI=1S/C22H20FN3O4/c1-3-17-12-20(28)26(21(25-17)15-5-4-6-16(23)11-15)13-19(27)24-18-9-7-14(8-10-18)22(29)30-2/h4-12H,3,13H2,1-2H3,(H,24,27). The van der Waals surface area contributed by atoms with Gasteiger partial charge in [0.15, 0.2) is 0 Å². The maximum absolute atomic E-state index is 13.7. The summed E-state index contributed by atoms with van der Waals surface area (Å²) >= 11 is 0. The number of hydrogen-bond donors (Lipinski definition) is 1. The van der Waals surface area contributed by atoms with Crippen molar-refractivity contribution in [1.29, 1.82) is 0 Å². The second kappa shape index (κ2) is 9.13. The molecule has 0 spiro atoms. The highest BCUT2D eigenvalue weighted by atomic mass is 19.1. The zero-order valence-corrected chi connectivity index (χ0v) is 16.5. The van der Waals surface area contributed by atoms with Crippen molar-refractivity contribution in [3.05, 3.63) is 82.0 Å². The molecule has 0 saturated carbocycles. The number of benzene rings is 2. The molecular formula is C22H20FN3O4. The minimum absolute atomic E-state index is 0.218. The lowest BCUT2D eigenvalue weighted by atomic mass is 10.2. The van der Waals surface area contributed by atoms with Crippen LogP contribution in [-0.4, -0.2) is 28.5 Å². The number of anilines is 1. The second-order valence-electron chi connectivity index (χ2n) is 6.48. The minimum atomic E-state index is -0.485. The molecule has 0 unspecified atom stereocenters. The molecule has 8 heteroatoms. The number of halogens is 1. The van der Waals surface area contributed by atoms with Gasteiger partial charge >= 0.3 is 5.97 Å². The van der Waals surface area contributed by atoms with Crippen LogP contribution in [0.4, 0.5) is 10.1 Å². The molecule has 1 heterocycles. The van der Waals surface area contributed by atoms with Crippen molar-refractivity contribution >= 4 is 17.6 Å². The van der Waals surface area contributed by atoms with E-state index in [0.29, 0.717) is 28.9 Å². The normalized spacial score (nSPS) is 10.5. The van der Waals surface area contributed by atoms with Crippen LogP contribution in [0.25, 0.3) is 11.4 Å². The van der Waals surface area contributed by atoms with E-state index in [9.17, 15) is 18.8 Å². The number of nitrogens with zero attached hydrogens (tertiary/aromatic N) is 2. The van der Waals surface area contributed by atoms with E-state index in [4.69, 9.17) is 0 Å². The van der Waals surface area contributed by atoms with E-state index in [1.807, 2.05) is 6.92 Å². The molecule has 0 aliphatic carbocycles. The molecule has 0 radical (unpaired) electrons. The average Bonchev–Trinajstić information content (AvgIpc) is 2.74. The van der Waals surface area contributed by atoms with E-state index in [0.717, 1.165) is 0 Å². The Kier molecular flexibility index (Phi) is 6.36. The van der Waals surface area contributed by atoms with Crippen LogP contribution in [0.15, 0.2) is 59.4 Å². The van der Waals surface area contributed by atoms with E-state index >= 15 is 0 Å². The summed E-state index contributed by atoms with van der Waals surface area (Å²) in [5.74, 6) is -1.20. The highest BCUT2D eigenvalue weighted by Gasteiger charge is 2.15. The Hall–Kier alpha value is -3.81. The molecule has 0 saturated heterocycles. The Labute approximate surface area is 172 Å². The first kappa shape index (κ1) is 20.9. The lowest BCUT2D eigenvalue weighted by molar-refractivity contribution is -0.116. The summed E-state index contributed by atoms with van der Waals surface area (Å²) in [7, 11) is 1.28. The van der Waals surface area contributed by atoms with Gasteiger partial charge in [-0.2, -0.15) is 0 Å². The van der Waals surface area contributed by atoms with Crippen LogP contribution in [0, 0.1) is 5.82 Å². The zero-order valence-electron chi connectivity index (χ0n) is 16.5. The number of amides is 1. The van der Waals surface area contributed by atoms with E-state index in [1.165, 1.54) is 48.1 Å². The topological polar surface area (TPSA) is 90.3 Å². The second-order valence-corrected chi connectivity index (χ2v) is 6.48. The van der Waals surface area contributed by atoms with Crippen LogP contribution < -0.4 is 10.9 Å². The molecule has 0 aliphatic heterocycles. The van der Waals surface area contributed by atoms with Gasteiger partial charge in [-0.1, -0.05) is 19.1 Å². The van der Waals surface area contributed by atoms with Gasteiger partial charge in [0.1, 0.15) is 18.2 Å². The number of aromatic nitrogens is 2. The van der Waals surface area contributed by atoms with Crippen molar-refractivity contribution in [1.82, 2.24) is 9.55 Å². The van der Waals surface area contributed by atoms with Crippen molar-refractivity contribution in [2.24, 2.45) is 0 Å². The van der Waals surface area contributed by atoms with Gasteiger partial charge in [0.05, 0.1) is 12.7 Å². The fraction of sp³-hybridized carbons (Fsp3) is 0.182. The first-order chi connectivity index (χ1) is 14.4. The maximum Gasteiger partial charge on any atom is 0.337 e. The molecule has 3 aromatic rings. The third-order valence-corrected chi connectivity index (χ3v) is 4.40. The van der Waals surface area contributed by atoms with Crippen molar-refractivity contribution < 1.29 is 18.7 Å². The third kappa shape index (κ3) is 4.78. The molecule has 0 aliphatic rings. The van der Waals surface area contributed by atoms with E-state index in [-0.39, 0.29) is 12.4 Å². The van der Waals surface area contributed by atoms with Gasteiger partial charge in [-0.25, -0.2) is 14.2 Å². The van der Waals surface area contributed by atoms with Crippen LogP contribution >= 0.6 is 0 Å². The number of ether oxygens (including phenoxy) is 1. The van der Waals surface area contributed by atoms with Crippen molar-refractivity contribution in [2.75, 3.05) is 12.4 Å². The Morgan fingerprint density at radius 3 is 2.50 bits per heavy atom. The Balaban J connectivity index is 1.87. The van der Waals surface area contributed by atoms with E-state index in [1.54, 1.807) is 18.2 Å². The maximum atomic E-state index is 13.7. The average molecular weight is 409 g/mol. The first-order valence-corrected chi connectivity index (χ1v) is 9.26. The number of nitrogens with one attached hydrogen (secondary N) is 1. The summed E-state index contributed by atoms with van der Waals surface area (Å²) in [6.45, 7) is 1.55. The van der Waals surface area contributed by atoms with E-state index in [2.05, 4.69) is 15.0 Å². The highest BCUT2D eigenvalue weighted by molar-refractivity contribution is 5.93. The summed E-state index contributed by atoms with van der Waals surface area (Å²) in [5, 5.41) is 2.67. The molecule has 0 bridgehead atoms. The third-order valence-electron chi connectivity index (χ3n) is 4.40. The predicted molar refractivity (Wildman–Crippen MR) is 110 cm³/mol. The largest absolute Gasteiger partial charge is 0.465 e. The van der Waals surface area contributed by atoms with Crippen LogP contribution in [0.5, 0.6) is 0 Å². The summed E-state index contributed by atoms with van der Waals surface area (Å²) < 4.78 is 19.5. The fourth-order valence-electron chi connectivity index (χ4n) is 2.89. The lowest BCUT2D eigenvalue weighted by Crippen LogP contribution is -2.30. The van der Waals surface area contributed by atoms with E-state index < -0.39 is 23.3 Å². The smallest absolute Gasteiger partial charge is 0.337 e. The molecule has 154 valence electrons. The summed E-state index contributed by atoms with van der Waals surface area (Å²) in [6.07, 6.45) is 0.525. The van der Waals surface area contributed by atoms with Gasteiger partial charge in [0.2, 0.25) is 5.91 Å². The SMILES string of the molecule is CCc1cc(=O)n(CC(=O)Nc2ccc(C(=O)OC)cc2)c(-c2cccc(F)c2)n1. The lowest BCUT2D eigenvalue weighted by Gasteiger charge is -2.14. The first-order valence-electron chi connectivity index (χ1n) is 9.26. The molecule has 3 rings (SSSR count). The van der Waals surface area contributed by atoms with Crippen LogP contribution in [-0.2, 0) is 22.5 Å². The zero-order chi connectivity index (χ0) is 21.7. The van der Waals surface area contributed by atoms with Crippen molar-refractivity contribution in [3.63, 3.8) is 0 Å². The molecule has 7 nitrogen and oxygen atoms in total. The van der Waals surface area contributed by atoms with Gasteiger partial charge in [-0.15, -0.1) is 0 Å². The Bertz CT molecular complexity index is 1140. The number of esters is 1. The number of rotatable bonds is 6. The molecular weight excluding hydrogens is 389 g/mol. The van der Waals surface area contributed by atoms with Gasteiger partial charge in [0.25, 0.3) is 5.56 Å². The molecule has 1 amide bonds. The van der Waals surface area contributed by atoms with Crippen molar-refractivity contribution in [2.45, 2.75) is 19.9 Å². The highest BCUT2D eigenvalue weighted by Crippen LogP contribution is 2.18. The number of hydrogen-bond acceptors (Lipinski definition) is 5. The van der Waals surface area contributed by atoms with Gasteiger partial charge in [0, 0.05) is 23.0 Å². The summed E-state index contributed by atoms with van der Waals surface area (Å²) in [4.78, 5) is 41.1. The fourth-order valence-corrected chi connectivity index (χ4v) is 2.89. The number of carbonyl (C=O) groups excluding carboxylic acids is 2. The van der Waals surface area contributed by atoms with Gasteiger partial charge in [-0.3, -0.25) is 14.2 Å². The molecule has 1 aromatic heterocycles. The van der Waals surface area contributed by atoms with Gasteiger partial charge < -0.3 is 10.1 Å². The Morgan fingerprint density at radius 1 is 1.13 bits per heavy atom. The quantitative estimate of drug-likeness (QED) is 0.632. The van der Waals surface area contributed by atoms with Crippen LogP contribution in [0.2, 0.25) is 0 Å². The molecule has 2 aromatic carbocycles.